The zero-order valence-electron chi connectivity index (χ0n) is 8.72. The van der Waals surface area contributed by atoms with E-state index in [9.17, 15) is 0 Å². The predicted octanol–water partition coefficient (Wildman–Crippen LogP) is 4.15. The second-order valence-corrected chi connectivity index (χ2v) is 4.06. The van der Waals surface area contributed by atoms with E-state index in [1.54, 1.807) is 0 Å². The summed E-state index contributed by atoms with van der Waals surface area (Å²) < 4.78 is 0. The molecule has 0 radical (unpaired) electrons. The smallest absolute Gasteiger partial charge is 0.0255 e. The van der Waals surface area contributed by atoms with Gasteiger partial charge in [0.05, 0.1) is 0 Å². The van der Waals surface area contributed by atoms with Crippen LogP contribution in [0.25, 0.3) is 0 Å². The summed E-state index contributed by atoms with van der Waals surface area (Å²) in [6, 6.07) is 0. The van der Waals surface area contributed by atoms with E-state index in [4.69, 9.17) is 0 Å². The SMILES string of the molecule is CC/C(C)=C\C(P)=C/C(C)CC. The van der Waals surface area contributed by atoms with E-state index >= 15 is 0 Å². The average molecular weight is 184 g/mol. The molecule has 0 spiro atoms. The molecule has 0 heterocycles. The monoisotopic (exact) mass is 184 g/mol. The summed E-state index contributed by atoms with van der Waals surface area (Å²) in [5.74, 6) is 0.693. The van der Waals surface area contributed by atoms with E-state index in [0.717, 1.165) is 6.42 Å². The molecule has 0 bridgehead atoms. The van der Waals surface area contributed by atoms with Crippen molar-refractivity contribution in [1.82, 2.24) is 0 Å². The molecule has 0 saturated carbocycles. The van der Waals surface area contributed by atoms with Gasteiger partial charge in [0.25, 0.3) is 0 Å². The quantitative estimate of drug-likeness (QED) is 0.455. The highest BCUT2D eigenvalue weighted by molar-refractivity contribution is 7.22. The molecule has 0 fully saturated rings. The molecule has 0 aliphatic rings. The number of hydrogen-bond acceptors (Lipinski definition) is 0. The van der Waals surface area contributed by atoms with Gasteiger partial charge in [-0.3, -0.25) is 0 Å². The first-order valence-corrected chi connectivity index (χ1v) is 5.32. The molecule has 70 valence electrons. The van der Waals surface area contributed by atoms with Crippen LogP contribution in [0.2, 0.25) is 0 Å². The maximum absolute atomic E-state index is 2.79. The Morgan fingerprint density at radius 3 is 2.42 bits per heavy atom. The molecule has 0 saturated heterocycles. The molecule has 0 nitrogen and oxygen atoms in total. The topological polar surface area (TPSA) is 0 Å². The molecule has 2 unspecified atom stereocenters. The standard InChI is InChI=1S/C11H21P/c1-5-9(3)7-11(12)8-10(4)6-2/h7-9H,5-6,12H2,1-4H3/b10-8-,11-7+. The van der Waals surface area contributed by atoms with Gasteiger partial charge >= 0.3 is 0 Å². The molecule has 0 aromatic heterocycles. The van der Waals surface area contributed by atoms with Gasteiger partial charge < -0.3 is 0 Å². The Labute approximate surface area is 79.3 Å². The zero-order chi connectivity index (χ0) is 9.56. The van der Waals surface area contributed by atoms with Crippen molar-refractivity contribution in [1.29, 1.82) is 0 Å². The van der Waals surface area contributed by atoms with Gasteiger partial charge in [-0.2, -0.15) is 0 Å². The maximum Gasteiger partial charge on any atom is -0.0255 e. The maximum atomic E-state index is 2.79. The molecule has 0 aromatic rings. The summed E-state index contributed by atoms with van der Waals surface area (Å²) in [5, 5.41) is 1.32. The number of allylic oxidation sites excluding steroid dienone is 4. The second kappa shape index (κ2) is 6.43. The van der Waals surface area contributed by atoms with Gasteiger partial charge in [0.1, 0.15) is 0 Å². The minimum Gasteiger partial charge on any atom is -0.106 e. The van der Waals surface area contributed by atoms with Crippen LogP contribution in [-0.4, -0.2) is 0 Å². The van der Waals surface area contributed by atoms with Gasteiger partial charge in [-0.25, -0.2) is 0 Å². The fraction of sp³-hybridized carbons (Fsp3) is 0.636. The van der Waals surface area contributed by atoms with Crippen LogP contribution >= 0.6 is 9.24 Å². The Kier molecular flexibility index (Phi) is 6.38. The summed E-state index contributed by atoms with van der Waals surface area (Å²) in [7, 11) is 2.79. The lowest BCUT2D eigenvalue weighted by atomic mass is 10.1. The minimum absolute atomic E-state index is 0.693. The van der Waals surface area contributed by atoms with Gasteiger partial charge in [0, 0.05) is 0 Å². The van der Waals surface area contributed by atoms with Crippen LogP contribution in [-0.2, 0) is 0 Å². The van der Waals surface area contributed by atoms with E-state index in [2.05, 4.69) is 49.1 Å². The molecule has 0 rings (SSSR count). The van der Waals surface area contributed by atoms with Gasteiger partial charge in [-0.1, -0.05) is 44.9 Å². The Hall–Kier alpha value is -0.0900. The number of rotatable bonds is 4. The third-order valence-electron chi connectivity index (χ3n) is 2.09. The third kappa shape index (κ3) is 5.55. The summed E-state index contributed by atoms with van der Waals surface area (Å²) in [6.07, 6.45) is 6.92. The Bertz CT molecular complexity index is 177. The minimum atomic E-state index is 0.693. The van der Waals surface area contributed by atoms with E-state index in [1.807, 2.05) is 0 Å². The second-order valence-electron chi connectivity index (χ2n) is 3.40. The van der Waals surface area contributed by atoms with Crippen molar-refractivity contribution >= 4 is 9.24 Å². The molecular formula is C11H21P. The molecule has 0 amide bonds. The first-order valence-electron chi connectivity index (χ1n) is 4.74. The normalized spacial score (nSPS) is 16.4. The Morgan fingerprint density at radius 1 is 1.42 bits per heavy atom. The predicted molar refractivity (Wildman–Crippen MR) is 61.3 cm³/mol. The third-order valence-corrected chi connectivity index (χ3v) is 2.45. The fourth-order valence-electron chi connectivity index (χ4n) is 0.881. The van der Waals surface area contributed by atoms with E-state index in [1.165, 1.54) is 17.3 Å². The van der Waals surface area contributed by atoms with Crippen LogP contribution in [0.15, 0.2) is 23.0 Å². The van der Waals surface area contributed by atoms with E-state index in [-0.39, 0.29) is 0 Å². The van der Waals surface area contributed by atoms with Crippen LogP contribution in [0.4, 0.5) is 0 Å². The number of hydrogen-bond donors (Lipinski definition) is 0. The highest BCUT2D eigenvalue weighted by atomic mass is 31.0. The van der Waals surface area contributed by atoms with Crippen LogP contribution < -0.4 is 0 Å². The Balaban J connectivity index is 4.18. The largest absolute Gasteiger partial charge is 0.106 e. The summed E-state index contributed by atoms with van der Waals surface area (Å²) >= 11 is 0. The summed E-state index contributed by atoms with van der Waals surface area (Å²) in [5.41, 5.74) is 1.44. The molecule has 1 heteroatoms. The van der Waals surface area contributed by atoms with Crippen LogP contribution in [0, 0.1) is 5.92 Å². The van der Waals surface area contributed by atoms with Gasteiger partial charge in [0.2, 0.25) is 0 Å². The van der Waals surface area contributed by atoms with Crippen LogP contribution in [0.5, 0.6) is 0 Å². The van der Waals surface area contributed by atoms with Gasteiger partial charge in [-0.05, 0) is 24.6 Å². The lowest BCUT2D eigenvalue weighted by molar-refractivity contribution is 0.697. The first kappa shape index (κ1) is 11.9. The van der Waals surface area contributed by atoms with Gasteiger partial charge in [0.15, 0.2) is 0 Å². The van der Waals surface area contributed by atoms with Crippen LogP contribution in [0.1, 0.15) is 40.5 Å². The van der Waals surface area contributed by atoms with Crippen molar-refractivity contribution in [2.75, 3.05) is 0 Å². The Morgan fingerprint density at radius 2 is 2.00 bits per heavy atom. The lowest BCUT2D eigenvalue weighted by Crippen LogP contribution is -1.85. The average Bonchev–Trinajstić information content (AvgIpc) is 2.03. The van der Waals surface area contributed by atoms with Crippen molar-refractivity contribution in [2.24, 2.45) is 5.92 Å². The zero-order valence-corrected chi connectivity index (χ0v) is 9.88. The van der Waals surface area contributed by atoms with Gasteiger partial charge in [-0.15, -0.1) is 9.24 Å². The van der Waals surface area contributed by atoms with E-state index in [0.29, 0.717) is 5.92 Å². The molecule has 0 aliphatic carbocycles. The van der Waals surface area contributed by atoms with E-state index < -0.39 is 0 Å². The molecule has 0 aliphatic heterocycles. The fourth-order valence-corrected chi connectivity index (χ4v) is 1.49. The van der Waals surface area contributed by atoms with Crippen molar-refractivity contribution in [3.05, 3.63) is 23.0 Å². The molecule has 0 aromatic carbocycles. The summed E-state index contributed by atoms with van der Waals surface area (Å²) in [4.78, 5) is 0. The van der Waals surface area contributed by atoms with Crippen molar-refractivity contribution in [3.8, 4) is 0 Å². The first-order chi connectivity index (χ1) is 5.60. The van der Waals surface area contributed by atoms with Crippen molar-refractivity contribution in [2.45, 2.75) is 40.5 Å². The van der Waals surface area contributed by atoms with Crippen LogP contribution in [0.3, 0.4) is 0 Å². The molecular weight excluding hydrogens is 163 g/mol. The molecule has 2 atom stereocenters. The van der Waals surface area contributed by atoms with Crippen molar-refractivity contribution < 1.29 is 0 Å². The summed E-state index contributed by atoms with van der Waals surface area (Å²) in [6.45, 7) is 8.83. The highest BCUT2D eigenvalue weighted by Gasteiger charge is 1.93. The highest BCUT2D eigenvalue weighted by Crippen LogP contribution is 2.16. The molecule has 0 N–H and O–H groups in total. The molecule has 12 heavy (non-hydrogen) atoms. The lowest BCUT2D eigenvalue weighted by Gasteiger charge is -2.02. The van der Waals surface area contributed by atoms with Crippen molar-refractivity contribution in [3.63, 3.8) is 0 Å².